The number of methoxy groups -OCH3 is 2. The normalized spacial score (nSPS) is 10.1. The van der Waals surface area contributed by atoms with Gasteiger partial charge in [0.1, 0.15) is 5.75 Å². The van der Waals surface area contributed by atoms with Gasteiger partial charge in [-0.15, -0.1) is 0 Å². The smallest absolute Gasteiger partial charge is 0.224 e. The van der Waals surface area contributed by atoms with E-state index in [2.05, 4.69) is 21.2 Å². The maximum Gasteiger partial charge on any atom is 0.224 e. The summed E-state index contributed by atoms with van der Waals surface area (Å²) in [5, 5.41) is 2.81. The molecule has 0 saturated carbocycles. The number of carbonyl (C=O) groups is 1. The summed E-state index contributed by atoms with van der Waals surface area (Å²) in [4.78, 5) is 11.6. The molecular formula is C12H16BrNO3. The lowest BCUT2D eigenvalue weighted by atomic mass is 10.2. The second kappa shape index (κ2) is 7.29. The van der Waals surface area contributed by atoms with Crippen molar-refractivity contribution in [2.24, 2.45) is 0 Å². The summed E-state index contributed by atoms with van der Waals surface area (Å²) >= 11 is 3.35. The Kier molecular flexibility index (Phi) is 6.00. The highest BCUT2D eigenvalue weighted by molar-refractivity contribution is 9.10. The standard InChI is InChI=1S/C12H16BrNO3/c1-16-7-3-4-12(15)14-10-8-9(13)5-6-11(10)17-2/h5-6,8H,3-4,7H2,1-2H3,(H,14,15). The molecule has 1 amide bonds. The van der Waals surface area contributed by atoms with Crippen LogP contribution in [0.1, 0.15) is 12.8 Å². The molecule has 1 aromatic carbocycles. The molecule has 1 aromatic rings. The Morgan fingerprint density at radius 2 is 2.18 bits per heavy atom. The van der Waals surface area contributed by atoms with E-state index in [0.717, 1.165) is 4.47 Å². The number of hydrogen-bond donors (Lipinski definition) is 1. The van der Waals surface area contributed by atoms with Gasteiger partial charge in [0, 0.05) is 24.6 Å². The van der Waals surface area contributed by atoms with Crippen LogP contribution in [-0.2, 0) is 9.53 Å². The van der Waals surface area contributed by atoms with Crippen molar-refractivity contribution in [2.45, 2.75) is 12.8 Å². The third-order valence-corrected chi connectivity index (χ3v) is 2.68. The van der Waals surface area contributed by atoms with E-state index in [1.165, 1.54) is 0 Å². The highest BCUT2D eigenvalue weighted by atomic mass is 79.9. The number of ether oxygens (including phenoxy) is 2. The Hall–Kier alpha value is -1.07. The minimum absolute atomic E-state index is 0.0431. The quantitative estimate of drug-likeness (QED) is 0.822. The largest absolute Gasteiger partial charge is 0.495 e. The van der Waals surface area contributed by atoms with Crippen molar-refractivity contribution in [1.82, 2.24) is 0 Å². The first-order chi connectivity index (χ1) is 8.17. The first-order valence-electron chi connectivity index (χ1n) is 5.29. The van der Waals surface area contributed by atoms with Crippen molar-refractivity contribution >= 4 is 27.5 Å². The minimum atomic E-state index is -0.0431. The van der Waals surface area contributed by atoms with Crippen molar-refractivity contribution < 1.29 is 14.3 Å². The maximum absolute atomic E-state index is 11.6. The molecule has 0 aliphatic carbocycles. The SMILES string of the molecule is COCCCC(=O)Nc1cc(Br)ccc1OC. The lowest BCUT2D eigenvalue weighted by molar-refractivity contribution is -0.116. The third-order valence-electron chi connectivity index (χ3n) is 2.19. The molecule has 17 heavy (non-hydrogen) atoms. The van der Waals surface area contributed by atoms with Crippen LogP contribution in [0.5, 0.6) is 5.75 Å². The summed E-state index contributed by atoms with van der Waals surface area (Å²) in [5.41, 5.74) is 0.671. The van der Waals surface area contributed by atoms with Gasteiger partial charge in [-0.25, -0.2) is 0 Å². The average Bonchev–Trinajstić information content (AvgIpc) is 2.29. The molecule has 0 spiro atoms. The molecule has 0 atom stereocenters. The molecule has 5 heteroatoms. The fourth-order valence-corrected chi connectivity index (χ4v) is 1.73. The molecule has 0 unspecified atom stereocenters. The van der Waals surface area contributed by atoms with Crippen molar-refractivity contribution in [2.75, 3.05) is 26.1 Å². The molecule has 1 rings (SSSR count). The van der Waals surface area contributed by atoms with Gasteiger partial charge in [0.05, 0.1) is 12.8 Å². The molecule has 0 bridgehead atoms. The van der Waals surface area contributed by atoms with Crippen LogP contribution >= 0.6 is 15.9 Å². The first kappa shape index (κ1) is 14.0. The Morgan fingerprint density at radius 1 is 1.41 bits per heavy atom. The van der Waals surface area contributed by atoms with E-state index in [9.17, 15) is 4.79 Å². The zero-order valence-electron chi connectivity index (χ0n) is 9.96. The first-order valence-corrected chi connectivity index (χ1v) is 6.09. The van der Waals surface area contributed by atoms with Gasteiger partial charge < -0.3 is 14.8 Å². The monoisotopic (exact) mass is 301 g/mol. The number of benzene rings is 1. The molecule has 94 valence electrons. The van der Waals surface area contributed by atoms with Gasteiger partial charge in [0.15, 0.2) is 0 Å². The topological polar surface area (TPSA) is 47.6 Å². The van der Waals surface area contributed by atoms with Crippen LogP contribution in [0.2, 0.25) is 0 Å². The van der Waals surface area contributed by atoms with Crippen LogP contribution in [0.4, 0.5) is 5.69 Å². The number of amides is 1. The highest BCUT2D eigenvalue weighted by Crippen LogP contribution is 2.27. The van der Waals surface area contributed by atoms with Crippen LogP contribution in [-0.4, -0.2) is 26.7 Å². The second-order valence-corrected chi connectivity index (χ2v) is 4.40. The van der Waals surface area contributed by atoms with E-state index >= 15 is 0 Å². The van der Waals surface area contributed by atoms with Crippen molar-refractivity contribution in [1.29, 1.82) is 0 Å². The highest BCUT2D eigenvalue weighted by Gasteiger charge is 2.07. The van der Waals surface area contributed by atoms with Gasteiger partial charge in [-0.2, -0.15) is 0 Å². The number of anilines is 1. The number of nitrogens with one attached hydrogen (secondary N) is 1. The summed E-state index contributed by atoms with van der Waals surface area (Å²) in [6.07, 6.45) is 1.14. The van der Waals surface area contributed by atoms with Gasteiger partial charge in [-0.1, -0.05) is 15.9 Å². The van der Waals surface area contributed by atoms with Crippen molar-refractivity contribution in [3.8, 4) is 5.75 Å². The molecular weight excluding hydrogens is 286 g/mol. The van der Waals surface area contributed by atoms with Crippen LogP contribution in [0.15, 0.2) is 22.7 Å². The lowest BCUT2D eigenvalue weighted by Gasteiger charge is -2.10. The molecule has 0 fully saturated rings. The van der Waals surface area contributed by atoms with E-state index in [-0.39, 0.29) is 5.91 Å². The van der Waals surface area contributed by atoms with Crippen molar-refractivity contribution in [3.05, 3.63) is 22.7 Å². The number of carbonyl (C=O) groups excluding carboxylic acids is 1. The Labute approximate surface area is 109 Å². The summed E-state index contributed by atoms with van der Waals surface area (Å²) < 4.78 is 11.0. The number of halogens is 1. The van der Waals surface area contributed by atoms with Gasteiger partial charge in [-0.3, -0.25) is 4.79 Å². The predicted octanol–water partition coefficient (Wildman–Crippen LogP) is 2.82. The fourth-order valence-electron chi connectivity index (χ4n) is 1.37. The molecule has 0 aliphatic heterocycles. The second-order valence-electron chi connectivity index (χ2n) is 3.49. The molecule has 0 aromatic heterocycles. The lowest BCUT2D eigenvalue weighted by Crippen LogP contribution is -2.12. The minimum Gasteiger partial charge on any atom is -0.495 e. The maximum atomic E-state index is 11.6. The molecule has 1 N–H and O–H groups in total. The van der Waals surface area contributed by atoms with Crippen LogP contribution in [0.25, 0.3) is 0 Å². The van der Waals surface area contributed by atoms with Gasteiger partial charge in [0.25, 0.3) is 0 Å². The van der Waals surface area contributed by atoms with Crippen molar-refractivity contribution in [3.63, 3.8) is 0 Å². The van der Waals surface area contributed by atoms with Crippen LogP contribution in [0.3, 0.4) is 0 Å². The Morgan fingerprint density at radius 3 is 2.82 bits per heavy atom. The van der Waals surface area contributed by atoms with E-state index < -0.39 is 0 Å². The van der Waals surface area contributed by atoms with E-state index in [4.69, 9.17) is 9.47 Å². The zero-order valence-corrected chi connectivity index (χ0v) is 11.5. The Balaban J connectivity index is 2.60. The molecule has 0 heterocycles. The molecule has 4 nitrogen and oxygen atoms in total. The van der Waals surface area contributed by atoms with E-state index in [1.54, 1.807) is 20.3 Å². The average molecular weight is 302 g/mol. The van der Waals surface area contributed by atoms with E-state index in [0.29, 0.717) is 30.9 Å². The van der Waals surface area contributed by atoms with Gasteiger partial charge in [-0.05, 0) is 24.6 Å². The summed E-state index contributed by atoms with van der Waals surface area (Å²) in [5.74, 6) is 0.603. The van der Waals surface area contributed by atoms with Crippen LogP contribution in [0, 0.1) is 0 Å². The number of rotatable bonds is 6. The number of hydrogen-bond acceptors (Lipinski definition) is 3. The molecule has 0 saturated heterocycles. The third kappa shape index (κ3) is 4.75. The van der Waals surface area contributed by atoms with Gasteiger partial charge >= 0.3 is 0 Å². The summed E-state index contributed by atoms with van der Waals surface area (Å²) in [6.45, 7) is 0.586. The van der Waals surface area contributed by atoms with E-state index in [1.807, 2.05) is 12.1 Å². The Bertz CT molecular complexity index is 382. The zero-order chi connectivity index (χ0) is 12.7. The van der Waals surface area contributed by atoms with Crippen LogP contribution < -0.4 is 10.1 Å². The predicted molar refractivity (Wildman–Crippen MR) is 70.4 cm³/mol. The summed E-state index contributed by atoms with van der Waals surface area (Å²) in [6, 6.07) is 5.47. The summed E-state index contributed by atoms with van der Waals surface area (Å²) in [7, 11) is 3.19. The molecule has 0 aliphatic rings. The van der Waals surface area contributed by atoms with Gasteiger partial charge in [0.2, 0.25) is 5.91 Å². The molecule has 0 radical (unpaired) electrons. The fraction of sp³-hybridized carbons (Fsp3) is 0.417.